The number of nitrogens with zero attached hydrogens (tertiary/aromatic N) is 2. The van der Waals surface area contributed by atoms with E-state index in [4.69, 9.17) is 9.47 Å². The van der Waals surface area contributed by atoms with E-state index < -0.39 is 0 Å². The van der Waals surface area contributed by atoms with Crippen LogP contribution in [0.3, 0.4) is 0 Å². The van der Waals surface area contributed by atoms with Crippen LogP contribution in [0.4, 0.5) is 0 Å². The number of carbonyl (C=O) groups excluding carboxylic acids is 1. The highest BCUT2D eigenvalue weighted by molar-refractivity contribution is 5.97. The summed E-state index contributed by atoms with van der Waals surface area (Å²) < 4.78 is 13.0. The monoisotopic (exact) mass is 427 g/mol. The first-order chi connectivity index (χ1) is 15.6. The Morgan fingerprint density at radius 2 is 1.66 bits per heavy atom. The topological polar surface area (TPSA) is 65.4 Å². The molecule has 0 spiro atoms. The van der Waals surface area contributed by atoms with Crippen LogP contribution in [-0.2, 0) is 6.54 Å². The van der Waals surface area contributed by atoms with Crippen molar-refractivity contribution in [1.82, 2.24) is 14.9 Å². The smallest absolute Gasteiger partial charge is 0.253 e. The zero-order chi connectivity index (χ0) is 22.5. The van der Waals surface area contributed by atoms with Crippen LogP contribution in [0.15, 0.2) is 79.1 Å². The number of nitrogens with one attached hydrogen (secondary N) is 1. The highest BCUT2D eigenvalue weighted by Gasteiger charge is 2.20. The van der Waals surface area contributed by atoms with Crippen molar-refractivity contribution in [3.8, 4) is 28.4 Å². The van der Waals surface area contributed by atoms with Gasteiger partial charge in [0.05, 0.1) is 25.5 Å². The number of ether oxygens (including phenoxy) is 2. The van der Waals surface area contributed by atoms with E-state index in [0.717, 1.165) is 28.2 Å². The molecule has 0 aliphatic rings. The molecule has 2 aromatic heterocycles. The third-order valence-electron chi connectivity index (χ3n) is 5.39. The molecular weight excluding hydrogens is 402 g/mol. The molecule has 0 atom stereocenters. The summed E-state index contributed by atoms with van der Waals surface area (Å²) in [5.74, 6) is 1.15. The molecule has 0 bridgehead atoms. The van der Waals surface area contributed by atoms with Crippen LogP contribution in [0.25, 0.3) is 16.9 Å². The molecule has 1 N–H and O–H groups in total. The number of amides is 1. The van der Waals surface area contributed by atoms with Gasteiger partial charge < -0.3 is 19.4 Å². The van der Waals surface area contributed by atoms with Crippen LogP contribution in [0.5, 0.6) is 11.5 Å². The number of benzene rings is 2. The van der Waals surface area contributed by atoms with Gasteiger partial charge in [-0.2, -0.15) is 0 Å². The van der Waals surface area contributed by atoms with Gasteiger partial charge in [0.1, 0.15) is 0 Å². The Morgan fingerprint density at radius 1 is 0.938 bits per heavy atom. The van der Waals surface area contributed by atoms with Crippen LogP contribution in [0.2, 0.25) is 0 Å². The van der Waals surface area contributed by atoms with Crippen LogP contribution >= 0.6 is 0 Å². The Bertz CT molecular complexity index is 1220. The van der Waals surface area contributed by atoms with E-state index in [2.05, 4.69) is 14.9 Å². The molecule has 0 saturated heterocycles. The Morgan fingerprint density at radius 3 is 2.34 bits per heavy atom. The molecule has 162 valence electrons. The summed E-state index contributed by atoms with van der Waals surface area (Å²) in [4.78, 5) is 17.1. The number of pyridine rings is 1. The van der Waals surface area contributed by atoms with Gasteiger partial charge in [0.25, 0.3) is 5.91 Å². The predicted octanol–water partition coefficient (Wildman–Crippen LogP) is 4.79. The molecule has 4 rings (SSSR count). The molecule has 6 nitrogen and oxygen atoms in total. The third-order valence-corrected chi connectivity index (χ3v) is 5.39. The lowest BCUT2D eigenvalue weighted by Crippen LogP contribution is -2.23. The fraction of sp³-hybridized carbons (Fsp3) is 0.154. The van der Waals surface area contributed by atoms with Crippen LogP contribution in [0, 0.1) is 6.92 Å². The lowest BCUT2D eigenvalue weighted by molar-refractivity contribution is 0.0950. The van der Waals surface area contributed by atoms with Gasteiger partial charge in [-0.15, -0.1) is 0 Å². The van der Waals surface area contributed by atoms with Crippen molar-refractivity contribution in [2.75, 3.05) is 14.2 Å². The molecule has 2 heterocycles. The first-order valence-electron chi connectivity index (χ1n) is 10.3. The van der Waals surface area contributed by atoms with Crippen molar-refractivity contribution >= 4 is 5.91 Å². The van der Waals surface area contributed by atoms with Crippen molar-refractivity contribution in [3.63, 3.8) is 0 Å². The first-order valence-corrected chi connectivity index (χ1v) is 10.3. The van der Waals surface area contributed by atoms with Gasteiger partial charge in [-0.3, -0.25) is 9.78 Å². The van der Waals surface area contributed by atoms with E-state index >= 15 is 0 Å². The zero-order valence-electron chi connectivity index (χ0n) is 18.3. The molecule has 0 unspecified atom stereocenters. The molecule has 0 radical (unpaired) electrons. The van der Waals surface area contributed by atoms with E-state index in [1.54, 1.807) is 26.6 Å². The van der Waals surface area contributed by atoms with Crippen molar-refractivity contribution < 1.29 is 14.3 Å². The molecule has 6 heteroatoms. The molecule has 0 saturated carbocycles. The summed E-state index contributed by atoms with van der Waals surface area (Å²) >= 11 is 0. The van der Waals surface area contributed by atoms with Crippen LogP contribution in [0.1, 0.15) is 21.6 Å². The van der Waals surface area contributed by atoms with E-state index in [1.807, 2.05) is 73.7 Å². The average molecular weight is 428 g/mol. The highest BCUT2D eigenvalue weighted by atomic mass is 16.5. The van der Waals surface area contributed by atoms with Gasteiger partial charge in [-0.25, -0.2) is 0 Å². The summed E-state index contributed by atoms with van der Waals surface area (Å²) in [6.45, 7) is 2.38. The van der Waals surface area contributed by atoms with Crippen molar-refractivity contribution in [2.24, 2.45) is 0 Å². The number of aromatic nitrogens is 2. The second-order valence-electron chi connectivity index (χ2n) is 7.31. The summed E-state index contributed by atoms with van der Waals surface area (Å²) in [5, 5.41) is 3.02. The van der Waals surface area contributed by atoms with E-state index in [0.29, 0.717) is 23.6 Å². The molecule has 4 aromatic rings. The summed E-state index contributed by atoms with van der Waals surface area (Å²) in [6, 6.07) is 21.5. The molecule has 32 heavy (non-hydrogen) atoms. The maximum absolute atomic E-state index is 13.1. The van der Waals surface area contributed by atoms with Gasteiger partial charge in [0, 0.05) is 36.4 Å². The summed E-state index contributed by atoms with van der Waals surface area (Å²) in [5.41, 5.74) is 5.26. The highest BCUT2D eigenvalue weighted by Crippen LogP contribution is 2.34. The minimum Gasteiger partial charge on any atom is -0.493 e. The summed E-state index contributed by atoms with van der Waals surface area (Å²) in [6.07, 6.45) is 3.43. The lowest BCUT2D eigenvalue weighted by atomic mass is 10.1. The number of carbonyl (C=O) groups is 1. The maximum Gasteiger partial charge on any atom is 0.253 e. The molecule has 2 aromatic carbocycles. The van der Waals surface area contributed by atoms with E-state index in [9.17, 15) is 4.79 Å². The van der Waals surface area contributed by atoms with Gasteiger partial charge >= 0.3 is 0 Å². The minimum atomic E-state index is -0.129. The van der Waals surface area contributed by atoms with Gasteiger partial charge in [0.15, 0.2) is 11.5 Å². The van der Waals surface area contributed by atoms with Gasteiger partial charge in [0.2, 0.25) is 0 Å². The Kier molecular flexibility index (Phi) is 6.22. The SMILES string of the molecule is COc1ccc(-n2c(-c3ccccc3)cc(C(=O)NCc3ccncc3)c2C)cc1OC. The first kappa shape index (κ1) is 21.2. The Balaban J connectivity index is 1.77. The standard InChI is InChI=1S/C26H25N3O3/c1-18-22(26(30)28-17-19-11-13-27-14-12-19)16-23(20-7-5-4-6-8-20)29(18)21-9-10-24(31-2)25(15-21)32-3/h4-16H,17H2,1-3H3,(H,28,30). The largest absolute Gasteiger partial charge is 0.493 e. The maximum atomic E-state index is 13.1. The fourth-order valence-corrected chi connectivity index (χ4v) is 3.73. The Hall–Kier alpha value is -4.06. The number of hydrogen-bond donors (Lipinski definition) is 1. The number of hydrogen-bond acceptors (Lipinski definition) is 4. The van der Waals surface area contributed by atoms with Crippen molar-refractivity contribution in [3.05, 3.63) is 95.9 Å². The average Bonchev–Trinajstić information content (AvgIpc) is 3.20. The van der Waals surface area contributed by atoms with Crippen LogP contribution < -0.4 is 14.8 Å². The predicted molar refractivity (Wildman–Crippen MR) is 124 cm³/mol. The molecule has 0 aliphatic carbocycles. The van der Waals surface area contributed by atoms with Gasteiger partial charge in [-0.05, 0) is 48.4 Å². The Labute approximate surface area is 187 Å². The minimum absolute atomic E-state index is 0.129. The van der Waals surface area contributed by atoms with Gasteiger partial charge in [-0.1, -0.05) is 30.3 Å². The van der Waals surface area contributed by atoms with Crippen LogP contribution in [-0.4, -0.2) is 29.7 Å². The quantitative estimate of drug-likeness (QED) is 0.460. The van der Waals surface area contributed by atoms with Crippen molar-refractivity contribution in [1.29, 1.82) is 0 Å². The fourth-order valence-electron chi connectivity index (χ4n) is 3.73. The van der Waals surface area contributed by atoms with Crippen molar-refractivity contribution in [2.45, 2.75) is 13.5 Å². The second-order valence-corrected chi connectivity index (χ2v) is 7.31. The van der Waals surface area contributed by atoms with E-state index in [-0.39, 0.29) is 5.91 Å². The number of methoxy groups -OCH3 is 2. The number of rotatable bonds is 7. The summed E-state index contributed by atoms with van der Waals surface area (Å²) in [7, 11) is 3.22. The second kappa shape index (κ2) is 9.39. The third kappa shape index (κ3) is 4.21. The zero-order valence-corrected chi connectivity index (χ0v) is 18.3. The molecule has 0 aliphatic heterocycles. The normalized spacial score (nSPS) is 10.6. The lowest BCUT2D eigenvalue weighted by Gasteiger charge is -2.15. The molecule has 0 fully saturated rings. The van der Waals surface area contributed by atoms with E-state index in [1.165, 1.54) is 0 Å². The molecule has 1 amide bonds. The molecular formula is C26H25N3O3.